The van der Waals surface area contributed by atoms with Gasteiger partial charge in [-0.3, -0.25) is 9.59 Å². The molecule has 0 saturated carbocycles. The van der Waals surface area contributed by atoms with E-state index in [0.717, 1.165) is 5.56 Å². The van der Waals surface area contributed by atoms with E-state index in [0.29, 0.717) is 5.56 Å². The van der Waals surface area contributed by atoms with Crippen LogP contribution in [-0.2, 0) is 9.53 Å². The maximum Gasteiger partial charge on any atom is 0.305 e. The van der Waals surface area contributed by atoms with Gasteiger partial charge in [0.2, 0.25) is 0 Å². The molecule has 2 aromatic rings. The van der Waals surface area contributed by atoms with E-state index < -0.39 is 6.10 Å². The Morgan fingerprint density at radius 2 is 1.58 bits per heavy atom. The average Bonchev–Trinajstić information content (AvgIpc) is 2.65. The molecule has 0 radical (unpaired) electrons. The van der Waals surface area contributed by atoms with E-state index in [1.54, 1.807) is 19.1 Å². The predicted molar refractivity (Wildman–Crippen MR) is 93.8 cm³/mol. The summed E-state index contributed by atoms with van der Waals surface area (Å²) in [5.74, 6) is -0.562. The number of ketones is 1. The first-order chi connectivity index (χ1) is 11.7. The van der Waals surface area contributed by atoms with Crippen molar-refractivity contribution in [3.63, 3.8) is 0 Å². The highest BCUT2D eigenvalue weighted by Crippen LogP contribution is 2.27. The Kier molecular flexibility index (Phi) is 6.70. The summed E-state index contributed by atoms with van der Waals surface area (Å²) < 4.78 is 5.49. The van der Waals surface area contributed by atoms with Gasteiger partial charge in [-0.05, 0) is 5.56 Å². The first-order valence-corrected chi connectivity index (χ1v) is 8.18. The van der Waals surface area contributed by atoms with Crippen molar-refractivity contribution in [2.75, 3.05) is 6.54 Å². The summed E-state index contributed by atoms with van der Waals surface area (Å²) in [6.07, 6.45) is 0.00450. The lowest BCUT2D eigenvalue weighted by Gasteiger charge is -2.26. The van der Waals surface area contributed by atoms with Gasteiger partial charge >= 0.3 is 5.97 Å². The molecule has 0 heterocycles. The number of rotatable bonds is 8. The number of Topliss-reactive ketones (excluding diaryl/α,β-unsaturated/α-hetero) is 1. The lowest BCUT2D eigenvalue weighted by Crippen LogP contribution is -2.34. The zero-order valence-corrected chi connectivity index (χ0v) is 13.9. The number of carbonyl (C=O) groups is 2. The number of nitrogens with two attached hydrogens (primary N) is 1. The van der Waals surface area contributed by atoms with E-state index in [9.17, 15) is 9.59 Å². The molecule has 0 bridgehead atoms. The van der Waals surface area contributed by atoms with Gasteiger partial charge in [0.15, 0.2) is 5.78 Å². The molecule has 2 unspecified atom stereocenters. The second kappa shape index (κ2) is 8.99. The summed E-state index contributed by atoms with van der Waals surface area (Å²) in [6.45, 7) is 1.91. The molecule has 0 fully saturated rings. The number of benzene rings is 2. The van der Waals surface area contributed by atoms with Crippen molar-refractivity contribution in [1.82, 2.24) is 0 Å². The van der Waals surface area contributed by atoms with Crippen molar-refractivity contribution in [2.45, 2.75) is 31.8 Å². The standard InChI is InChI=1S/C20H23NO3/c1-2-20(23)24-19(14-21)17(15-9-5-3-6-10-15)13-18(22)16-11-7-4-8-12-16/h3-12,17,19H,2,13-14,21H2,1H3. The van der Waals surface area contributed by atoms with Gasteiger partial charge < -0.3 is 10.5 Å². The summed E-state index contributed by atoms with van der Waals surface area (Å²) in [7, 11) is 0. The molecule has 24 heavy (non-hydrogen) atoms. The molecule has 4 nitrogen and oxygen atoms in total. The van der Waals surface area contributed by atoms with Gasteiger partial charge in [0.1, 0.15) is 6.10 Å². The number of esters is 1. The van der Waals surface area contributed by atoms with Crippen LogP contribution in [-0.4, -0.2) is 24.4 Å². The Bertz CT molecular complexity index is 655. The Morgan fingerprint density at radius 3 is 2.12 bits per heavy atom. The predicted octanol–water partition coefficient (Wildman–Crippen LogP) is 3.32. The van der Waals surface area contributed by atoms with Crippen molar-refractivity contribution >= 4 is 11.8 Å². The summed E-state index contributed by atoms with van der Waals surface area (Å²) in [6, 6.07) is 18.7. The van der Waals surface area contributed by atoms with Crippen LogP contribution in [0.25, 0.3) is 0 Å². The molecule has 2 aromatic carbocycles. The molecule has 2 rings (SSSR count). The first-order valence-electron chi connectivity index (χ1n) is 8.18. The minimum atomic E-state index is -0.521. The lowest BCUT2D eigenvalue weighted by atomic mass is 9.87. The summed E-state index contributed by atoms with van der Waals surface area (Å²) in [4.78, 5) is 24.3. The first kappa shape index (κ1) is 17.9. The van der Waals surface area contributed by atoms with Crippen LogP contribution in [0.3, 0.4) is 0 Å². The summed E-state index contributed by atoms with van der Waals surface area (Å²) >= 11 is 0. The van der Waals surface area contributed by atoms with Gasteiger partial charge in [0, 0.05) is 30.9 Å². The highest BCUT2D eigenvalue weighted by molar-refractivity contribution is 5.96. The third-order valence-electron chi connectivity index (χ3n) is 3.98. The largest absolute Gasteiger partial charge is 0.460 e. The van der Waals surface area contributed by atoms with E-state index in [1.807, 2.05) is 48.5 Å². The molecule has 0 aliphatic heterocycles. The third kappa shape index (κ3) is 4.77. The smallest absolute Gasteiger partial charge is 0.305 e. The molecular formula is C20H23NO3. The fourth-order valence-electron chi connectivity index (χ4n) is 2.65. The van der Waals surface area contributed by atoms with Crippen LogP contribution in [0.4, 0.5) is 0 Å². The molecule has 2 N–H and O–H groups in total. The quantitative estimate of drug-likeness (QED) is 0.597. The molecule has 2 atom stereocenters. The van der Waals surface area contributed by atoms with Crippen molar-refractivity contribution in [3.8, 4) is 0 Å². The molecule has 0 spiro atoms. The number of hydrogen-bond donors (Lipinski definition) is 1. The molecule has 0 aliphatic rings. The topological polar surface area (TPSA) is 69.4 Å². The maximum atomic E-state index is 12.6. The van der Waals surface area contributed by atoms with Crippen LogP contribution in [0.1, 0.15) is 41.6 Å². The fraction of sp³-hybridized carbons (Fsp3) is 0.300. The van der Waals surface area contributed by atoms with Crippen LogP contribution in [0.5, 0.6) is 0 Å². The van der Waals surface area contributed by atoms with Crippen molar-refractivity contribution in [3.05, 3.63) is 71.8 Å². The normalized spacial score (nSPS) is 13.1. The zero-order chi connectivity index (χ0) is 17.4. The van der Waals surface area contributed by atoms with Gasteiger partial charge in [0.05, 0.1) is 0 Å². The van der Waals surface area contributed by atoms with E-state index in [4.69, 9.17) is 10.5 Å². The number of carbonyl (C=O) groups excluding carboxylic acids is 2. The second-order valence-electron chi connectivity index (χ2n) is 5.63. The van der Waals surface area contributed by atoms with Crippen LogP contribution < -0.4 is 5.73 Å². The second-order valence-corrected chi connectivity index (χ2v) is 5.63. The van der Waals surface area contributed by atoms with E-state index in [2.05, 4.69) is 0 Å². The minimum absolute atomic E-state index is 0.00968. The maximum absolute atomic E-state index is 12.6. The van der Waals surface area contributed by atoms with E-state index in [-0.39, 0.29) is 37.1 Å². The van der Waals surface area contributed by atoms with Crippen LogP contribution >= 0.6 is 0 Å². The Balaban J connectivity index is 2.25. The Labute approximate surface area is 142 Å². The number of hydrogen-bond acceptors (Lipinski definition) is 4. The number of ether oxygens (including phenoxy) is 1. The molecule has 0 saturated heterocycles. The molecule has 0 aliphatic carbocycles. The van der Waals surface area contributed by atoms with Crippen LogP contribution in [0, 0.1) is 0 Å². The van der Waals surface area contributed by atoms with Gasteiger partial charge in [-0.25, -0.2) is 0 Å². The minimum Gasteiger partial charge on any atom is -0.460 e. The highest BCUT2D eigenvalue weighted by atomic mass is 16.5. The monoisotopic (exact) mass is 325 g/mol. The van der Waals surface area contributed by atoms with E-state index in [1.165, 1.54) is 0 Å². The van der Waals surface area contributed by atoms with Gasteiger partial charge in [-0.15, -0.1) is 0 Å². The highest BCUT2D eigenvalue weighted by Gasteiger charge is 2.28. The average molecular weight is 325 g/mol. The SMILES string of the molecule is CCC(=O)OC(CN)C(CC(=O)c1ccccc1)c1ccccc1. The van der Waals surface area contributed by atoms with Crippen molar-refractivity contribution in [2.24, 2.45) is 5.73 Å². The molecular weight excluding hydrogens is 302 g/mol. The molecule has 0 aromatic heterocycles. The summed E-state index contributed by atoms with van der Waals surface area (Å²) in [5.41, 5.74) is 7.43. The Hall–Kier alpha value is -2.46. The zero-order valence-electron chi connectivity index (χ0n) is 13.9. The lowest BCUT2D eigenvalue weighted by molar-refractivity contribution is -0.149. The van der Waals surface area contributed by atoms with Crippen molar-refractivity contribution < 1.29 is 14.3 Å². The third-order valence-corrected chi connectivity index (χ3v) is 3.98. The summed E-state index contributed by atoms with van der Waals surface area (Å²) in [5, 5.41) is 0. The fourth-order valence-corrected chi connectivity index (χ4v) is 2.65. The van der Waals surface area contributed by atoms with Gasteiger partial charge in [-0.1, -0.05) is 67.6 Å². The van der Waals surface area contributed by atoms with Gasteiger partial charge in [-0.2, -0.15) is 0 Å². The van der Waals surface area contributed by atoms with Crippen molar-refractivity contribution in [1.29, 1.82) is 0 Å². The molecule has 126 valence electrons. The van der Waals surface area contributed by atoms with E-state index >= 15 is 0 Å². The van der Waals surface area contributed by atoms with Gasteiger partial charge in [0.25, 0.3) is 0 Å². The Morgan fingerprint density at radius 1 is 1.00 bits per heavy atom. The molecule has 4 heteroatoms. The van der Waals surface area contributed by atoms with Crippen LogP contribution in [0.15, 0.2) is 60.7 Å². The van der Waals surface area contributed by atoms with Crippen LogP contribution in [0.2, 0.25) is 0 Å². The molecule has 0 amide bonds.